The molecule has 0 aliphatic carbocycles. The average molecular weight is 296 g/mol. The lowest BCUT2D eigenvalue weighted by molar-refractivity contribution is -0.138. The molecule has 0 aromatic heterocycles. The summed E-state index contributed by atoms with van der Waals surface area (Å²) < 4.78 is 0. The summed E-state index contributed by atoms with van der Waals surface area (Å²) in [5.74, 6) is 0.206. The Kier molecular flexibility index (Phi) is 4.14. The smallest absolute Gasteiger partial charge is 0.228 e. The Bertz CT molecular complexity index is 510. The molecule has 1 aliphatic heterocycles. The van der Waals surface area contributed by atoms with E-state index in [2.05, 4.69) is 5.32 Å². The molecule has 1 atom stereocenters. The van der Waals surface area contributed by atoms with Gasteiger partial charge < -0.3 is 16.0 Å². The molecule has 4 nitrogen and oxygen atoms in total. The molecule has 3 N–H and O–H groups in total. The van der Waals surface area contributed by atoms with Gasteiger partial charge in [-0.3, -0.25) is 4.79 Å². The lowest BCUT2D eigenvalue weighted by Crippen LogP contribution is -2.39. The number of hydrogen-bond acceptors (Lipinski definition) is 3. The number of nitrogens with one attached hydrogen (secondary N) is 1. The van der Waals surface area contributed by atoms with Gasteiger partial charge in [0.25, 0.3) is 0 Å². The van der Waals surface area contributed by atoms with E-state index in [9.17, 15) is 4.79 Å². The van der Waals surface area contributed by atoms with Gasteiger partial charge >= 0.3 is 0 Å². The first-order chi connectivity index (χ1) is 9.27. The first-order valence-corrected chi connectivity index (χ1v) is 7.26. The topological polar surface area (TPSA) is 58.4 Å². The maximum atomic E-state index is 12.2. The van der Waals surface area contributed by atoms with E-state index in [0.717, 1.165) is 25.2 Å². The van der Waals surface area contributed by atoms with Gasteiger partial charge in [-0.1, -0.05) is 32.4 Å². The fourth-order valence-electron chi connectivity index (χ4n) is 2.39. The van der Waals surface area contributed by atoms with Gasteiger partial charge in [-0.2, -0.15) is 0 Å². The molecule has 0 spiro atoms. The van der Waals surface area contributed by atoms with Crippen LogP contribution in [0.25, 0.3) is 0 Å². The molecule has 2 rings (SSSR count). The summed E-state index contributed by atoms with van der Waals surface area (Å²) in [6, 6.07) is 5.79. The molecular formula is C15H22ClN3O. The third-order valence-corrected chi connectivity index (χ3v) is 3.82. The average Bonchev–Trinajstić information content (AvgIpc) is 2.80. The number of amides is 1. The van der Waals surface area contributed by atoms with Crippen molar-refractivity contribution < 1.29 is 4.79 Å². The fraction of sp³-hybridized carbons (Fsp3) is 0.533. The van der Waals surface area contributed by atoms with E-state index in [-0.39, 0.29) is 17.4 Å². The van der Waals surface area contributed by atoms with Crippen molar-refractivity contribution in [1.82, 2.24) is 4.90 Å². The fourth-order valence-corrected chi connectivity index (χ4v) is 2.57. The number of nitrogens with zero attached hydrogens (tertiary/aromatic N) is 1. The van der Waals surface area contributed by atoms with Crippen LogP contribution >= 0.6 is 11.6 Å². The number of carbonyl (C=O) groups excluding carboxylic acids is 1. The van der Waals surface area contributed by atoms with E-state index in [1.54, 1.807) is 6.07 Å². The van der Waals surface area contributed by atoms with Crippen LogP contribution in [0.3, 0.4) is 0 Å². The minimum absolute atomic E-state index is 0.206. The number of benzene rings is 1. The SMILES string of the molecule is CC(C)(C)C(=O)N1CC[C@H](Nc2ccc(N)c(Cl)c2)C1. The summed E-state index contributed by atoms with van der Waals surface area (Å²) in [4.78, 5) is 14.2. The van der Waals surface area contributed by atoms with Crippen molar-refractivity contribution in [2.45, 2.75) is 33.2 Å². The Balaban J connectivity index is 1.96. The zero-order chi connectivity index (χ0) is 14.9. The molecule has 1 heterocycles. The van der Waals surface area contributed by atoms with E-state index in [1.807, 2.05) is 37.8 Å². The Morgan fingerprint density at radius 3 is 2.75 bits per heavy atom. The van der Waals surface area contributed by atoms with Crippen LogP contribution in [-0.2, 0) is 4.79 Å². The number of hydrogen-bond donors (Lipinski definition) is 2. The van der Waals surface area contributed by atoms with Crippen LogP contribution in [0.1, 0.15) is 27.2 Å². The van der Waals surface area contributed by atoms with Crippen LogP contribution < -0.4 is 11.1 Å². The third kappa shape index (κ3) is 3.37. The first kappa shape index (κ1) is 15.0. The number of nitrogens with two attached hydrogens (primary N) is 1. The second-order valence-corrected chi connectivity index (χ2v) is 6.77. The Morgan fingerprint density at radius 1 is 1.45 bits per heavy atom. The highest BCUT2D eigenvalue weighted by Crippen LogP contribution is 2.26. The summed E-state index contributed by atoms with van der Waals surface area (Å²) in [5, 5.41) is 3.96. The molecule has 1 fully saturated rings. The molecule has 0 bridgehead atoms. The largest absolute Gasteiger partial charge is 0.398 e. The Labute approximate surface area is 125 Å². The van der Waals surface area contributed by atoms with Crippen molar-refractivity contribution in [2.24, 2.45) is 5.41 Å². The van der Waals surface area contributed by atoms with Gasteiger partial charge in [0, 0.05) is 30.2 Å². The van der Waals surface area contributed by atoms with Crippen LogP contribution in [0.15, 0.2) is 18.2 Å². The molecule has 1 saturated heterocycles. The molecule has 20 heavy (non-hydrogen) atoms. The normalized spacial score (nSPS) is 19.2. The van der Waals surface area contributed by atoms with E-state index >= 15 is 0 Å². The van der Waals surface area contributed by atoms with Crippen LogP contribution in [0.4, 0.5) is 11.4 Å². The van der Waals surface area contributed by atoms with Crippen LogP contribution in [0.5, 0.6) is 0 Å². The number of halogens is 1. The zero-order valence-corrected chi connectivity index (χ0v) is 13.0. The lowest BCUT2D eigenvalue weighted by atomic mass is 9.95. The summed E-state index contributed by atoms with van der Waals surface area (Å²) in [5.41, 5.74) is 6.89. The van der Waals surface area contributed by atoms with E-state index in [4.69, 9.17) is 17.3 Å². The Morgan fingerprint density at radius 2 is 2.15 bits per heavy atom. The van der Waals surface area contributed by atoms with Crippen molar-refractivity contribution in [1.29, 1.82) is 0 Å². The molecule has 1 aromatic carbocycles. The summed E-state index contributed by atoms with van der Waals surface area (Å²) in [6.07, 6.45) is 0.948. The maximum absolute atomic E-state index is 12.2. The zero-order valence-electron chi connectivity index (χ0n) is 12.2. The van der Waals surface area contributed by atoms with Crippen molar-refractivity contribution >= 4 is 28.9 Å². The van der Waals surface area contributed by atoms with Gasteiger partial charge in [0.2, 0.25) is 5.91 Å². The third-order valence-electron chi connectivity index (χ3n) is 3.49. The lowest BCUT2D eigenvalue weighted by Gasteiger charge is -2.25. The predicted octanol–water partition coefficient (Wildman–Crippen LogP) is 2.98. The molecule has 0 radical (unpaired) electrons. The molecule has 1 aliphatic rings. The van der Waals surface area contributed by atoms with Crippen molar-refractivity contribution in [3.05, 3.63) is 23.2 Å². The highest BCUT2D eigenvalue weighted by atomic mass is 35.5. The molecule has 1 aromatic rings. The molecule has 5 heteroatoms. The second kappa shape index (κ2) is 5.52. The maximum Gasteiger partial charge on any atom is 0.228 e. The van der Waals surface area contributed by atoms with Crippen LogP contribution in [0, 0.1) is 5.41 Å². The van der Waals surface area contributed by atoms with Crippen LogP contribution in [-0.4, -0.2) is 29.9 Å². The van der Waals surface area contributed by atoms with Gasteiger partial charge in [0.1, 0.15) is 0 Å². The van der Waals surface area contributed by atoms with E-state index in [0.29, 0.717) is 10.7 Å². The number of anilines is 2. The summed E-state index contributed by atoms with van der Waals surface area (Å²) >= 11 is 6.01. The molecule has 0 saturated carbocycles. The van der Waals surface area contributed by atoms with E-state index in [1.165, 1.54) is 0 Å². The highest BCUT2D eigenvalue weighted by Gasteiger charge is 2.32. The van der Waals surface area contributed by atoms with Gasteiger partial charge in [-0.15, -0.1) is 0 Å². The number of rotatable bonds is 2. The van der Waals surface area contributed by atoms with Gasteiger partial charge in [-0.25, -0.2) is 0 Å². The van der Waals surface area contributed by atoms with Gasteiger partial charge in [0.15, 0.2) is 0 Å². The van der Waals surface area contributed by atoms with Crippen molar-refractivity contribution in [2.75, 3.05) is 24.1 Å². The highest BCUT2D eigenvalue weighted by molar-refractivity contribution is 6.33. The minimum atomic E-state index is -0.320. The van der Waals surface area contributed by atoms with E-state index < -0.39 is 0 Å². The predicted molar refractivity (Wildman–Crippen MR) is 83.9 cm³/mol. The molecule has 110 valence electrons. The molecule has 1 amide bonds. The monoisotopic (exact) mass is 295 g/mol. The van der Waals surface area contributed by atoms with Crippen molar-refractivity contribution in [3.8, 4) is 0 Å². The number of nitrogen functional groups attached to an aromatic ring is 1. The standard InChI is InChI=1S/C15H22ClN3O/c1-15(2,3)14(20)19-7-6-11(9-19)18-10-4-5-13(17)12(16)8-10/h4-5,8,11,18H,6-7,9,17H2,1-3H3/t11-/m0/s1. The van der Waals surface area contributed by atoms with Crippen molar-refractivity contribution in [3.63, 3.8) is 0 Å². The molecular weight excluding hydrogens is 274 g/mol. The number of likely N-dealkylation sites (tertiary alicyclic amines) is 1. The molecule has 0 unspecified atom stereocenters. The van der Waals surface area contributed by atoms with Gasteiger partial charge in [-0.05, 0) is 24.6 Å². The summed E-state index contributed by atoms with van der Waals surface area (Å²) in [6.45, 7) is 7.40. The minimum Gasteiger partial charge on any atom is -0.398 e. The summed E-state index contributed by atoms with van der Waals surface area (Å²) in [7, 11) is 0. The van der Waals surface area contributed by atoms with Gasteiger partial charge in [0.05, 0.1) is 10.7 Å². The second-order valence-electron chi connectivity index (χ2n) is 6.37. The quantitative estimate of drug-likeness (QED) is 0.825. The van der Waals surface area contributed by atoms with Crippen LogP contribution in [0.2, 0.25) is 5.02 Å². The number of carbonyl (C=O) groups is 1. The first-order valence-electron chi connectivity index (χ1n) is 6.88. The Hall–Kier alpha value is -1.42.